The molecule has 0 aromatic carbocycles. The van der Waals surface area contributed by atoms with Gasteiger partial charge in [-0.3, -0.25) is 4.79 Å². The summed E-state index contributed by atoms with van der Waals surface area (Å²) in [5, 5.41) is 1.07. The lowest BCUT2D eigenvalue weighted by Crippen LogP contribution is -2.38. The van der Waals surface area contributed by atoms with Gasteiger partial charge >= 0.3 is 0 Å². The fourth-order valence-corrected chi connectivity index (χ4v) is 3.18. The fraction of sp³-hybridized carbons (Fsp3) is 0.929. The Kier molecular flexibility index (Phi) is 5.98. The third kappa shape index (κ3) is 4.27. The molecule has 1 fully saturated rings. The van der Waals surface area contributed by atoms with Crippen molar-refractivity contribution in [3.63, 3.8) is 0 Å². The Morgan fingerprint density at radius 1 is 1.35 bits per heavy atom. The minimum Gasteiger partial charge on any atom is -0.346 e. The molecule has 1 unspecified atom stereocenters. The van der Waals surface area contributed by atoms with Crippen molar-refractivity contribution in [2.75, 3.05) is 18.9 Å². The number of halogens is 1. The lowest BCUT2D eigenvalue weighted by molar-refractivity contribution is -0.137. The topological polar surface area (TPSA) is 20.3 Å². The van der Waals surface area contributed by atoms with Crippen LogP contribution in [-0.2, 0) is 4.79 Å². The van der Waals surface area contributed by atoms with Crippen LogP contribution in [0.3, 0.4) is 0 Å². The number of carbonyl (C=O) groups excluding carboxylic acids is 1. The third-order valence-electron chi connectivity index (χ3n) is 4.06. The smallest absolute Gasteiger partial charge is 0.225 e. The highest BCUT2D eigenvalue weighted by Crippen LogP contribution is 2.43. The summed E-state index contributed by atoms with van der Waals surface area (Å²) in [6, 6.07) is 0. The number of hydrogen-bond acceptors (Lipinski definition) is 1. The molecule has 1 amide bonds. The Bertz CT molecular complexity index is 253. The molecule has 2 nitrogen and oxygen atoms in total. The highest BCUT2D eigenvalue weighted by molar-refractivity contribution is 9.09. The van der Waals surface area contributed by atoms with E-state index >= 15 is 0 Å². The monoisotopic (exact) mass is 303 g/mol. The molecule has 0 radical (unpaired) electrons. The van der Waals surface area contributed by atoms with Crippen molar-refractivity contribution < 1.29 is 4.79 Å². The zero-order chi connectivity index (χ0) is 12.9. The SMILES string of the molecule is CN(CCCCCBr)C(=O)C1CCCC1(C)C. The average molecular weight is 304 g/mol. The van der Waals surface area contributed by atoms with Gasteiger partial charge in [0.25, 0.3) is 0 Å². The van der Waals surface area contributed by atoms with Crippen LogP contribution < -0.4 is 0 Å². The first-order valence-corrected chi connectivity index (χ1v) is 7.92. The lowest BCUT2D eigenvalue weighted by Gasteiger charge is -2.30. The maximum absolute atomic E-state index is 12.3. The summed E-state index contributed by atoms with van der Waals surface area (Å²) in [6.45, 7) is 5.39. The summed E-state index contributed by atoms with van der Waals surface area (Å²) in [5.41, 5.74) is 0.210. The highest BCUT2D eigenvalue weighted by Gasteiger charge is 2.40. The fourth-order valence-electron chi connectivity index (χ4n) is 2.78. The largest absolute Gasteiger partial charge is 0.346 e. The summed E-state index contributed by atoms with van der Waals surface area (Å²) in [7, 11) is 1.96. The molecule has 1 rings (SSSR count). The Morgan fingerprint density at radius 3 is 2.59 bits per heavy atom. The number of amides is 1. The molecular formula is C14H26BrNO. The maximum Gasteiger partial charge on any atom is 0.225 e. The van der Waals surface area contributed by atoms with Gasteiger partial charge in [0.1, 0.15) is 0 Å². The van der Waals surface area contributed by atoms with E-state index in [1.54, 1.807) is 0 Å². The molecule has 0 spiro atoms. The van der Waals surface area contributed by atoms with Gasteiger partial charge in [-0.25, -0.2) is 0 Å². The molecule has 100 valence electrons. The normalized spacial score (nSPS) is 22.7. The number of alkyl halides is 1. The number of carbonyl (C=O) groups is 1. The van der Waals surface area contributed by atoms with E-state index < -0.39 is 0 Å². The molecule has 1 aliphatic carbocycles. The first kappa shape index (κ1) is 15.0. The quantitative estimate of drug-likeness (QED) is 0.539. The molecule has 0 heterocycles. The van der Waals surface area contributed by atoms with Gasteiger partial charge in [0.15, 0.2) is 0 Å². The molecule has 0 N–H and O–H groups in total. The van der Waals surface area contributed by atoms with Crippen molar-refractivity contribution >= 4 is 21.8 Å². The zero-order valence-corrected chi connectivity index (χ0v) is 13.1. The molecule has 0 saturated heterocycles. The van der Waals surface area contributed by atoms with Gasteiger partial charge in [-0.05, 0) is 31.1 Å². The zero-order valence-electron chi connectivity index (χ0n) is 11.5. The van der Waals surface area contributed by atoms with Crippen LogP contribution in [0.2, 0.25) is 0 Å². The summed E-state index contributed by atoms with van der Waals surface area (Å²) in [5.74, 6) is 0.620. The van der Waals surface area contributed by atoms with Crippen LogP contribution in [0.1, 0.15) is 52.4 Å². The van der Waals surface area contributed by atoms with Crippen LogP contribution >= 0.6 is 15.9 Å². The minimum atomic E-state index is 0.210. The van der Waals surface area contributed by atoms with E-state index in [1.807, 2.05) is 11.9 Å². The predicted molar refractivity (Wildman–Crippen MR) is 76.4 cm³/mol. The minimum absolute atomic E-state index is 0.210. The second kappa shape index (κ2) is 6.77. The second-order valence-electron chi connectivity index (χ2n) is 5.94. The van der Waals surface area contributed by atoms with Gasteiger partial charge in [0.2, 0.25) is 5.91 Å². The average Bonchev–Trinajstić information content (AvgIpc) is 2.63. The van der Waals surface area contributed by atoms with Crippen molar-refractivity contribution in [2.45, 2.75) is 52.4 Å². The highest BCUT2D eigenvalue weighted by atomic mass is 79.9. The van der Waals surface area contributed by atoms with Crippen molar-refractivity contribution in [2.24, 2.45) is 11.3 Å². The first-order chi connectivity index (χ1) is 7.99. The van der Waals surface area contributed by atoms with Crippen LogP contribution in [0.15, 0.2) is 0 Å². The summed E-state index contributed by atoms with van der Waals surface area (Å²) in [4.78, 5) is 14.3. The molecule has 0 aliphatic heterocycles. The number of unbranched alkanes of at least 4 members (excludes halogenated alkanes) is 2. The van der Waals surface area contributed by atoms with Crippen LogP contribution in [0.4, 0.5) is 0 Å². The molecule has 0 aromatic heterocycles. The van der Waals surface area contributed by atoms with Crippen LogP contribution in [0.5, 0.6) is 0 Å². The standard InChI is InChI=1S/C14H26BrNO/c1-14(2)9-7-8-12(14)13(17)16(3)11-6-4-5-10-15/h12H,4-11H2,1-3H3. The first-order valence-electron chi connectivity index (χ1n) is 6.80. The molecule has 0 aromatic rings. The van der Waals surface area contributed by atoms with Crippen LogP contribution in [0, 0.1) is 11.3 Å². The predicted octanol–water partition coefficient (Wildman–Crippen LogP) is 3.84. The Balaban J connectivity index is 2.36. The molecular weight excluding hydrogens is 278 g/mol. The second-order valence-corrected chi connectivity index (χ2v) is 6.74. The van der Waals surface area contributed by atoms with Crippen molar-refractivity contribution in [1.82, 2.24) is 4.90 Å². The van der Waals surface area contributed by atoms with Gasteiger partial charge in [0.05, 0.1) is 0 Å². The molecule has 1 atom stereocenters. The van der Waals surface area contributed by atoms with Crippen molar-refractivity contribution in [1.29, 1.82) is 0 Å². The van der Waals surface area contributed by atoms with Gasteiger partial charge in [-0.15, -0.1) is 0 Å². The lowest BCUT2D eigenvalue weighted by atomic mass is 9.81. The molecule has 3 heteroatoms. The Labute approximate surface area is 114 Å². The number of nitrogens with zero attached hydrogens (tertiary/aromatic N) is 1. The van der Waals surface area contributed by atoms with Crippen LogP contribution in [-0.4, -0.2) is 29.7 Å². The molecule has 1 aliphatic rings. The van der Waals surface area contributed by atoms with Gasteiger partial charge in [0, 0.05) is 24.8 Å². The van der Waals surface area contributed by atoms with E-state index in [2.05, 4.69) is 29.8 Å². The van der Waals surface area contributed by atoms with Crippen molar-refractivity contribution in [3.05, 3.63) is 0 Å². The van der Waals surface area contributed by atoms with Gasteiger partial charge < -0.3 is 4.90 Å². The van der Waals surface area contributed by atoms with Crippen LogP contribution in [0.25, 0.3) is 0 Å². The number of rotatable bonds is 6. The summed E-state index contributed by atoms with van der Waals surface area (Å²) >= 11 is 3.43. The van der Waals surface area contributed by atoms with E-state index in [9.17, 15) is 4.79 Å². The Morgan fingerprint density at radius 2 is 2.06 bits per heavy atom. The molecule has 17 heavy (non-hydrogen) atoms. The summed E-state index contributed by atoms with van der Waals surface area (Å²) in [6.07, 6.45) is 7.02. The van der Waals surface area contributed by atoms with E-state index in [4.69, 9.17) is 0 Å². The van der Waals surface area contributed by atoms with Gasteiger partial charge in [-0.1, -0.05) is 42.6 Å². The number of hydrogen-bond donors (Lipinski definition) is 0. The van der Waals surface area contributed by atoms with Gasteiger partial charge in [-0.2, -0.15) is 0 Å². The third-order valence-corrected chi connectivity index (χ3v) is 4.62. The maximum atomic E-state index is 12.3. The van der Waals surface area contributed by atoms with E-state index in [1.165, 1.54) is 25.7 Å². The molecule has 0 bridgehead atoms. The van der Waals surface area contributed by atoms with E-state index in [0.29, 0.717) is 5.91 Å². The van der Waals surface area contributed by atoms with E-state index in [0.717, 1.165) is 24.7 Å². The van der Waals surface area contributed by atoms with Crippen molar-refractivity contribution in [3.8, 4) is 0 Å². The Hall–Kier alpha value is -0.0500. The summed E-state index contributed by atoms with van der Waals surface area (Å²) < 4.78 is 0. The van der Waals surface area contributed by atoms with E-state index in [-0.39, 0.29) is 11.3 Å². The molecule has 1 saturated carbocycles.